The molecule has 2 aliphatic rings. The van der Waals surface area contributed by atoms with E-state index in [1.807, 2.05) is 6.07 Å². The molecule has 0 radical (unpaired) electrons. The molecule has 2 heteroatoms. The van der Waals surface area contributed by atoms with Crippen molar-refractivity contribution in [2.24, 2.45) is 0 Å². The van der Waals surface area contributed by atoms with Crippen molar-refractivity contribution in [3.8, 4) is 55.6 Å². The molecule has 2 nitrogen and oxygen atoms in total. The molecular formula is C60H45NO. The lowest BCUT2D eigenvalue weighted by molar-refractivity contribution is 0.660. The molecule has 9 aromatic carbocycles. The highest BCUT2D eigenvalue weighted by Crippen LogP contribution is 2.53. The number of benzene rings is 9. The van der Waals surface area contributed by atoms with E-state index in [2.05, 4.69) is 227 Å². The van der Waals surface area contributed by atoms with Crippen LogP contribution in [0.1, 0.15) is 49.9 Å². The molecule has 1 heterocycles. The number of para-hydroxylation sites is 2. The molecule has 12 rings (SSSR count). The summed E-state index contributed by atoms with van der Waals surface area (Å²) >= 11 is 0. The molecule has 0 saturated heterocycles. The highest BCUT2D eigenvalue weighted by Gasteiger charge is 2.37. The maximum Gasteiger partial charge on any atom is 0.143 e. The maximum absolute atomic E-state index is 6.62. The smallest absolute Gasteiger partial charge is 0.143 e. The molecular weight excluding hydrogens is 751 g/mol. The van der Waals surface area contributed by atoms with Gasteiger partial charge in [-0.3, -0.25) is 0 Å². The number of anilines is 3. The predicted octanol–water partition coefficient (Wildman–Crippen LogP) is 16.7. The number of rotatable bonds is 6. The minimum Gasteiger partial charge on any atom is -0.455 e. The van der Waals surface area contributed by atoms with Gasteiger partial charge in [-0.1, -0.05) is 179 Å². The lowest BCUT2D eigenvalue weighted by Gasteiger charge is -2.30. The molecule has 0 aliphatic heterocycles. The largest absolute Gasteiger partial charge is 0.455 e. The van der Waals surface area contributed by atoms with Crippen LogP contribution in [0.25, 0.3) is 77.6 Å². The highest BCUT2D eigenvalue weighted by molar-refractivity contribution is 6.10. The molecule has 0 amide bonds. The van der Waals surface area contributed by atoms with Crippen molar-refractivity contribution in [2.75, 3.05) is 4.90 Å². The summed E-state index contributed by atoms with van der Waals surface area (Å²) in [6.07, 6.45) is 0. The summed E-state index contributed by atoms with van der Waals surface area (Å²) in [5.41, 5.74) is 22.6. The molecule has 62 heavy (non-hydrogen) atoms. The van der Waals surface area contributed by atoms with Crippen molar-refractivity contribution in [2.45, 2.75) is 38.5 Å². The van der Waals surface area contributed by atoms with Crippen LogP contribution in [-0.4, -0.2) is 0 Å². The van der Waals surface area contributed by atoms with Gasteiger partial charge in [-0.2, -0.15) is 0 Å². The quantitative estimate of drug-likeness (QED) is 0.167. The molecule has 296 valence electrons. The fraction of sp³-hybridized carbons (Fsp3) is 0.100. The van der Waals surface area contributed by atoms with Crippen LogP contribution in [0.3, 0.4) is 0 Å². The van der Waals surface area contributed by atoms with Gasteiger partial charge in [0.1, 0.15) is 11.2 Å². The van der Waals surface area contributed by atoms with E-state index in [1.54, 1.807) is 0 Å². The first-order valence-corrected chi connectivity index (χ1v) is 21.8. The summed E-state index contributed by atoms with van der Waals surface area (Å²) in [5, 5.41) is 2.26. The monoisotopic (exact) mass is 795 g/mol. The summed E-state index contributed by atoms with van der Waals surface area (Å²) in [6, 6.07) is 73.6. The Morgan fingerprint density at radius 3 is 1.48 bits per heavy atom. The summed E-state index contributed by atoms with van der Waals surface area (Å²) in [4.78, 5) is 2.46. The third-order valence-electron chi connectivity index (χ3n) is 13.9. The fourth-order valence-electron chi connectivity index (χ4n) is 10.7. The first kappa shape index (κ1) is 36.4. The third kappa shape index (κ3) is 5.43. The second kappa shape index (κ2) is 13.5. The first-order chi connectivity index (χ1) is 30.3. The highest BCUT2D eigenvalue weighted by atomic mass is 16.3. The Hall–Kier alpha value is -7.42. The zero-order valence-electron chi connectivity index (χ0n) is 35.4. The molecule has 0 N–H and O–H groups in total. The summed E-state index contributed by atoms with van der Waals surface area (Å²) in [7, 11) is 0. The van der Waals surface area contributed by atoms with Gasteiger partial charge in [0.2, 0.25) is 0 Å². The van der Waals surface area contributed by atoms with Crippen LogP contribution in [0.4, 0.5) is 17.1 Å². The molecule has 0 fully saturated rings. The van der Waals surface area contributed by atoms with Crippen molar-refractivity contribution in [1.82, 2.24) is 0 Å². The van der Waals surface area contributed by atoms with E-state index in [-0.39, 0.29) is 10.8 Å². The number of furan rings is 1. The maximum atomic E-state index is 6.62. The standard InChI is InChI=1S/C60H45NO/c1-59(2)53-22-11-8-17-45(53)47-33-30-42(36-55(47)59)61(43-31-34-48-46-18-9-12-23-54(46)60(3,4)56(48)37-43)41-28-25-39(26-29-41)52-35-40(38-15-6-5-7-16-38)27-32-44(52)50-20-14-21-51-49-19-10-13-24-57(49)62-58(50)51/h5-37H,1-4H3. The van der Waals surface area contributed by atoms with Gasteiger partial charge in [0.05, 0.1) is 0 Å². The molecule has 0 saturated carbocycles. The predicted molar refractivity (Wildman–Crippen MR) is 260 cm³/mol. The van der Waals surface area contributed by atoms with Gasteiger partial charge in [-0.05, 0) is 121 Å². The fourth-order valence-corrected chi connectivity index (χ4v) is 10.7. The third-order valence-corrected chi connectivity index (χ3v) is 13.9. The van der Waals surface area contributed by atoms with Crippen molar-refractivity contribution < 1.29 is 4.42 Å². The molecule has 1 aromatic heterocycles. The topological polar surface area (TPSA) is 16.4 Å². The zero-order chi connectivity index (χ0) is 41.7. The van der Waals surface area contributed by atoms with Gasteiger partial charge >= 0.3 is 0 Å². The van der Waals surface area contributed by atoms with Gasteiger partial charge in [-0.25, -0.2) is 0 Å². The van der Waals surface area contributed by atoms with Crippen molar-refractivity contribution in [3.05, 3.63) is 222 Å². The van der Waals surface area contributed by atoms with Crippen molar-refractivity contribution >= 4 is 39.0 Å². The SMILES string of the molecule is CC1(C)c2ccccc2-c2ccc(N(c3ccc(-c4cc(-c5ccccc5)ccc4-c4cccc5c4oc4ccccc45)cc3)c3ccc4c(c3)C(C)(C)c3ccccc3-4)cc21. The van der Waals surface area contributed by atoms with E-state index >= 15 is 0 Å². The van der Waals surface area contributed by atoms with Gasteiger partial charge in [-0.15, -0.1) is 0 Å². The number of nitrogens with zero attached hydrogens (tertiary/aromatic N) is 1. The van der Waals surface area contributed by atoms with Gasteiger partial charge in [0, 0.05) is 44.2 Å². The normalized spacial score (nSPS) is 14.1. The Balaban J connectivity index is 1.03. The van der Waals surface area contributed by atoms with Gasteiger partial charge in [0.25, 0.3) is 0 Å². The van der Waals surface area contributed by atoms with Crippen LogP contribution in [0, 0.1) is 0 Å². The van der Waals surface area contributed by atoms with E-state index in [0.717, 1.165) is 61.3 Å². The van der Waals surface area contributed by atoms with E-state index in [0.29, 0.717) is 0 Å². The lowest BCUT2D eigenvalue weighted by Crippen LogP contribution is -2.18. The summed E-state index contributed by atoms with van der Waals surface area (Å²) < 4.78 is 6.62. The molecule has 0 atom stereocenters. The van der Waals surface area contributed by atoms with Crippen LogP contribution in [0.5, 0.6) is 0 Å². The van der Waals surface area contributed by atoms with Gasteiger partial charge in [0.15, 0.2) is 0 Å². The molecule has 0 bridgehead atoms. The molecule has 10 aromatic rings. The Morgan fingerprint density at radius 1 is 0.323 bits per heavy atom. The average molecular weight is 796 g/mol. The van der Waals surface area contributed by atoms with Crippen molar-refractivity contribution in [1.29, 1.82) is 0 Å². The minimum atomic E-state index is -0.123. The molecule has 0 spiro atoms. The Kier molecular flexibility index (Phi) is 7.96. The zero-order valence-corrected chi connectivity index (χ0v) is 35.4. The second-order valence-corrected chi connectivity index (χ2v) is 18.1. The van der Waals surface area contributed by atoms with Crippen LogP contribution in [0.15, 0.2) is 205 Å². The van der Waals surface area contributed by atoms with Crippen molar-refractivity contribution in [3.63, 3.8) is 0 Å². The summed E-state index contributed by atoms with van der Waals surface area (Å²) in [6.45, 7) is 9.46. The van der Waals surface area contributed by atoms with E-state index in [9.17, 15) is 0 Å². The van der Waals surface area contributed by atoms with Gasteiger partial charge < -0.3 is 9.32 Å². The number of hydrogen-bond donors (Lipinski definition) is 0. The molecule has 0 unspecified atom stereocenters. The minimum absolute atomic E-state index is 0.123. The average Bonchev–Trinajstić information content (AvgIpc) is 3.89. The summed E-state index contributed by atoms with van der Waals surface area (Å²) in [5.74, 6) is 0. The van der Waals surface area contributed by atoms with Crippen LogP contribution >= 0.6 is 0 Å². The van der Waals surface area contributed by atoms with Crippen LogP contribution in [-0.2, 0) is 10.8 Å². The van der Waals surface area contributed by atoms with E-state index in [4.69, 9.17) is 4.42 Å². The van der Waals surface area contributed by atoms with E-state index < -0.39 is 0 Å². The number of hydrogen-bond acceptors (Lipinski definition) is 2. The van der Waals surface area contributed by atoms with Crippen LogP contribution < -0.4 is 4.90 Å². The lowest BCUT2D eigenvalue weighted by atomic mass is 9.82. The second-order valence-electron chi connectivity index (χ2n) is 18.1. The first-order valence-electron chi connectivity index (χ1n) is 21.8. The Labute approximate surface area is 363 Å². The van der Waals surface area contributed by atoms with Crippen LogP contribution in [0.2, 0.25) is 0 Å². The Bertz CT molecular complexity index is 3300. The number of fused-ring (bicyclic) bond motifs is 9. The Morgan fingerprint density at radius 2 is 0.823 bits per heavy atom. The van der Waals surface area contributed by atoms with E-state index in [1.165, 1.54) is 55.6 Å². The molecule has 2 aliphatic carbocycles.